The monoisotopic (exact) mass is 496 g/mol. The van der Waals surface area contributed by atoms with Crippen LogP contribution in [0.5, 0.6) is 11.5 Å². The molecule has 1 unspecified atom stereocenters. The lowest BCUT2D eigenvalue weighted by atomic mass is 10.1. The van der Waals surface area contributed by atoms with E-state index in [0.717, 1.165) is 50.1 Å². The summed E-state index contributed by atoms with van der Waals surface area (Å²) in [5.74, 6) is -4.88. The average Bonchev–Trinajstić information content (AvgIpc) is 3.28. The van der Waals surface area contributed by atoms with Crippen LogP contribution >= 0.6 is 0 Å². The third-order valence-corrected chi connectivity index (χ3v) is 5.54. The molecule has 1 atom stereocenters. The van der Waals surface area contributed by atoms with Gasteiger partial charge in [0.2, 0.25) is 11.7 Å². The lowest BCUT2D eigenvalue weighted by Crippen LogP contribution is -2.45. The molecular formula is C22H23F3N4O6. The number of primary amides is 1. The van der Waals surface area contributed by atoms with Crippen molar-refractivity contribution in [2.45, 2.75) is 57.0 Å². The van der Waals surface area contributed by atoms with E-state index < -0.39 is 53.0 Å². The maximum absolute atomic E-state index is 12.7. The van der Waals surface area contributed by atoms with E-state index in [0.29, 0.717) is 0 Å². The van der Waals surface area contributed by atoms with E-state index in [1.165, 1.54) is 0 Å². The van der Waals surface area contributed by atoms with Gasteiger partial charge in [0, 0.05) is 24.0 Å². The largest absolute Gasteiger partial charge is 0.573 e. The number of carbonyl (C=O) groups excluding carboxylic acids is 4. The molecule has 0 aliphatic heterocycles. The number of aromatic hydroxyl groups is 1. The Labute approximate surface area is 197 Å². The Balaban J connectivity index is 1.69. The number of pyridine rings is 1. The van der Waals surface area contributed by atoms with Crippen molar-refractivity contribution < 1.29 is 42.2 Å². The van der Waals surface area contributed by atoms with Gasteiger partial charge >= 0.3 is 6.36 Å². The molecule has 35 heavy (non-hydrogen) atoms. The smallest absolute Gasteiger partial charge is 0.506 e. The third kappa shape index (κ3) is 6.80. The fourth-order valence-electron chi connectivity index (χ4n) is 3.77. The number of hydrogen-bond acceptors (Lipinski definition) is 7. The summed E-state index contributed by atoms with van der Waals surface area (Å²) in [6.07, 6.45) is -1.15. The molecule has 0 spiro atoms. The number of ether oxygens (including phenoxy) is 1. The van der Waals surface area contributed by atoms with Crippen LogP contribution in [0.3, 0.4) is 0 Å². The topological polar surface area (TPSA) is 161 Å². The minimum absolute atomic E-state index is 0.0662. The van der Waals surface area contributed by atoms with E-state index in [4.69, 9.17) is 5.73 Å². The number of Topliss-reactive ketones (excluding diaryl/α,β-unsaturated/α-hetero) is 1. The highest BCUT2D eigenvalue weighted by atomic mass is 19.4. The summed E-state index contributed by atoms with van der Waals surface area (Å²) < 4.78 is 41.3. The number of fused-ring (bicyclic) bond motifs is 1. The first-order valence-corrected chi connectivity index (χ1v) is 10.8. The second kappa shape index (κ2) is 10.6. The molecule has 1 aliphatic rings. The molecule has 3 rings (SSSR count). The highest BCUT2D eigenvalue weighted by Gasteiger charge is 2.31. The summed E-state index contributed by atoms with van der Waals surface area (Å²) in [6, 6.07) is 1.58. The zero-order valence-corrected chi connectivity index (χ0v) is 18.4. The zero-order valence-electron chi connectivity index (χ0n) is 18.4. The predicted octanol–water partition coefficient (Wildman–Crippen LogP) is 1.83. The van der Waals surface area contributed by atoms with Crippen molar-refractivity contribution in [1.29, 1.82) is 0 Å². The summed E-state index contributed by atoms with van der Waals surface area (Å²) >= 11 is 0. The van der Waals surface area contributed by atoms with Gasteiger partial charge in [0.1, 0.15) is 23.1 Å². The fraction of sp³-hybridized carbons (Fsp3) is 0.409. The van der Waals surface area contributed by atoms with Gasteiger partial charge in [0.15, 0.2) is 0 Å². The number of nitrogens with one attached hydrogen (secondary N) is 2. The minimum atomic E-state index is -4.97. The van der Waals surface area contributed by atoms with Gasteiger partial charge in [-0.05, 0) is 37.5 Å². The molecule has 1 aromatic carbocycles. The third-order valence-electron chi connectivity index (χ3n) is 5.54. The normalized spacial score (nSPS) is 14.9. The van der Waals surface area contributed by atoms with Gasteiger partial charge in [-0.15, -0.1) is 13.2 Å². The molecule has 5 N–H and O–H groups in total. The molecule has 2 aromatic rings. The Morgan fingerprint density at radius 1 is 1.20 bits per heavy atom. The van der Waals surface area contributed by atoms with E-state index >= 15 is 0 Å². The van der Waals surface area contributed by atoms with Crippen LogP contribution in [0.4, 0.5) is 13.2 Å². The maximum Gasteiger partial charge on any atom is 0.573 e. The number of nitrogens with two attached hydrogens (primary N) is 1. The number of ketones is 1. The first-order valence-electron chi connectivity index (χ1n) is 10.8. The fourth-order valence-corrected chi connectivity index (χ4v) is 3.77. The van der Waals surface area contributed by atoms with E-state index in [9.17, 15) is 37.5 Å². The minimum Gasteiger partial charge on any atom is -0.506 e. The van der Waals surface area contributed by atoms with Gasteiger partial charge in [-0.3, -0.25) is 24.2 Å². The molecular weight excluding hydrogens is 473 g/mol. The van der Waals surface area contributed by atoms with Gasteiger partial charge < -0.3 is 26.2 Å². The standard InChI is InChI=1S/C22H23F3N4O6/c23-22(24,25)35-12-5-6-15-13(9-12)18(31)14(10-27-15)20(33)29-16(19(26)32)7-8-17(30)21(34)28-11-3-1-2-4-11/h5-6,9-11,16H,1-4,7-8H2,(H2,26,32)(H,27,31)(H,28,34)(H,29,33). The van der Waals surface area contributed by atoms with E-state index in [1.54, 1.807) is 0 Å². The van der Waals surface area contributed by atoms with Crippen molar-refractivity contribution in [3.8, 4) is 11.5 Å². The van der Waals surface area contributed by atoms with Crippen LogP contribution in [0.2, 0.25) is 0 Å². The van der Waals surface area contributed by atoms with Crippen molar-refractivity contribution in [1.82, 2.24) is 15.6 Å². The molecule has 0 bridgehead atoms. The lowest BCUT2D eigenvalue weighted by molar-refractivity contribution is -0.274. The quantitative estimate of drug-likeness (QED) is 0.385. The SMILES string of the molecule is NC(=O)C(CCC(=O)C(=O)NC1CCCC1)NC(=O)c1cnc2ccc(OC(F)(F)F)cc2c1O. The molecule has 1 aromatic heterocycles. The van der Waals surface area contributed by atoms with Crippen LogP contribution in [-0.2, 0) is 14.4 Å². The first-order chi connectivity index (χ1) is 16.4. The second-order valence-electron chi connectivity index (χ2n) is 8.09. The van der Waals surface area contributed by atoms with Gasteiger partial charge in [0.25, 0.3) is 11.8 Å². The van der Waals surface area contributed by atoms with Gasteiger partial charge in [-0.1, -0.05) is 12.8 Å². The summed E-state index contributed by atoms with van der Waals surface area (Å²) in [5.41, 5.74) is 4.93. The van der Waals surface area contributed by atoms with Crippen LogP contribution in [0, 0.1) is 0 Å². The van der Waals surface area contributed by atoms with Gasteiger partial charge in [0.05, 0.1) is 5.52 Å². The van der Waals surface area contributed by atoms with Crippen LogP contribution in [0.15, 0.2) is 24.4 Å². The van der Waals surface area contributed by atoms with Crippen LogP contribution in [-0.4, -0.2) is 52.0 Å². The Morgan fingerprint density at radius 2 is 1.89 bits per heavy atom. The molecule has 3 amide bonds. The van der Waals surface area contributed by atoms with Crippen LogP contribution in [0.25, 0.3) is 10.9 Å². The van der Waals surface area contributed by atoms with Crippen LogP contribution < -0.4 is 21.1 Å². The molecule has 1 fully saturated rings. The van der Waals surface area contributed by atoms with Crippen molar-refractivity contribution in [3.63, 3.8) is 0 Å². The predicted molar refractivity (Wildman–Crippen MR) is 115 cm³/mol. The Hall–Kier alpha value is -3.90. The molecule has 1 aliphatic carbocycles. The Kier molecular flexibility index (Phi) is 7.77. The number of amides is 3. The van der Waals surface area contributed by atoms with E-state index in [-0.39, 0.29) is 29.8 Å². The highest BCUT2D eigenvalue weighted by molar-refractivity contribution is 6.36. The summed E-state index contributed by atoms with van der Waals surface area (Å²) in [4.78, 5) is 52.5. The van der Waals surface area contributed by atoms with E-state index in [2.05, 4.69) is 20.4 Å². The first kappa shape index (κ1) is 25.7. The lowest BCUT2D eigenvalue weighted by Gasteiger charge is -2.16. The summed E-state index contributed by atoms with van der Waals surface area (Å²) in [6.45, 7) is 0. The number of alkyl halides is 3. The molecule has 1 heterocycles. The van der Waals surface area contributed by atoms with Crippen LogP contribution in [0.1, 0.15) is 48.9 Å². The molecule has 0 saturated heterocycles. The highest BCUT2D eigenvalue weighted by Crippen LogP contribution is 2.32. The second-order valence-corrected chi connectivity index (χ2v) is 8.09. The zero-order chi connectivity index (χ0) is 25.8. The Morgan fingerprint density at radius 3 is 2.51 bits per heavy atom. The number of aromatic nitrogens is 1. The van der Waals surface area contributed by atoms with Crippen molar-refractivity contribution >= 4 is 34.4 Å². The molecule has 188 valence electrons. The molecule has 13 heteroatoms. The summed E-state index contributed by atoms with van der Waals surface area (Å²) in [5, 5.41) is 15.1. The van der Waals surface area contributed by atoms with Gasteiger partial charge in [-0.2, -0.15) is 0 Å². The number of hydrogen-bond donors (Lipinski definition) is 4. The maximum atomic E-state index is 12.7. The van der Waals surface area contributed by atoms with Crippen molar-refractivity contribution in [3.05, 3.63) is 30.0 Å². The number of rotatable bonds is 9. The number of nitrogens with zero attached hydrogens (tertiary/aromatic N) is 1. The number of benzene rings is 1. The molecule has 1 saturated carbocycles. The number of carbonyl (C=O) groups is 4. The van der Waals surface area contributed by atoms with Gasteiger partial charge in [-0.25, -0.2) is 0 Å². The van der Waals surface area contributed by atoms with Crippen molar-refractivity contribution in [2.75, 3.05) is 0 Å². The van der Waals surface area contributed by atoms with E-state index in [1.807, 2.05) is 0 Å². The molecule has 0 radical (unpaired) electrons. The average molecular weight is 496 g/mol. The summed E-state index contributed by atoms with van der Waals surface area (Å²) in [7, 11) is 0. The van der Waals surface area contributed by atoms with Crippen molar-refractivity contribution in [2.24, 2.45) is 5.73 Å². The number of halogens is 3. The Bertz CT molecular complexity index is 1150. The molecule has 10 nitrogen and oxygen atoms in total.